The standard InChI is InChI=1S/C44H80O9/c1-3-5-7-8-9-10-11-12-13-14-15-16-17-18-19-20-21-23-28-43(50)52-34-38(47)35-53-44(51)29-25-24-27-37(46)32-40-39(41(48)33-42(40)49)31-30-36(45)26-22-6-4-2/h30-31,36,38-42,45,47-49H,3-29,32-35H2,1-2H3/b31-30+/t36-,38-,39+,40+,41+,42-/m0/s1. The van der Waals surface area contributed by atoms with E-state index in [0.717, 1.165) is 38.5 Å². The van der Waals surface area contributed by atoms with Crippen molar-refractivity contribution in [3.8, 4) is 0 Å². The molecule has 9 nitrogen and oxygen atoms in total. The summed E-state index contributed by atoms with van der Waals surface area (Å²) in [5, 5.41) is 41.1. The van der Waals surface area contributed by atoms with Gasteiger partial charge in [-0.1, -0.05) is 154 Å². The van der Waals surface area contributed by atoms with E-state index in [2.05, 4.69) is 13.8 Å². The molecule has 1 aliphatic carbocycles. The maximum atomic E-state index is 12.7. The molecule has 0 aliphatic heterocycles. The maximum Gasteiger partial charge on any atom is 0.305 e. The molecule has 1 fully saturated rings. The monoisotopic (exact) mass is 753 g/mol. The Labute approximate surface area is 323 Å². The third kappa shape index (κ3) is 27.4. The molecule has 1 rings (SSSR count). The van der Waals surface area contributed by atoms with Gasteiger partial charge in [0.25, 0.3) is 0 Å². The first kappa shape index (κ1) is 49.2. The van der Waals surface area contributed by atoms with Crippen molar-refractivity contribution in [2.45, 2.75) is 224 Å². The number of esters is 2. The fraction of sp³-hybridized carbons (Fsp3) is 0.886. The number of ether oxygens (including phenoxy) is 2. The molecular formula is C44H80O9. The van der Waals surface area contributed by atoms with Crippen LogP contribution in [-0.4, -0.2) is 75.8 Å². The summed E-state index contributed by atoms with van der Waals surface area (Å²) in [6.45, 7) is 3.90. The van der Waals surface area contributed by atoms with Crippen LogP contribution in [-0.2, 0) is 23.9 Å². The molecule has 0 heterocycles. The van der Waals surface area contributed by atoms with Crippen LogP contribution in [0.4, 0.5) is 0 Å². The lowest BCUT2D eigenvalue weighted by atomic mass is 9.87. The largest absolute Gasteiger partial charge is 0.463 e. The van der Waals surface area contributed by atoms with E-state index in [1.54, 1.807) is 12.2 Å². The first-order chi connectivity index (χ1) is 25.7. The summed E-state index contributed by atoms with van der Waals surface area (Å²) in [6.07, 6.45) is 29.0. The number of hydrogen-bond donors (Lipinski definition) is 4. The molecule has 53 heavy (non-hydrogen) atoms. The molecule has 310 valence electrons. The third-order valence-corrected chi connectivity index (χ3v) is 10.7. The molecule has 0 unspecified atom stereocenters. The summed E-state index contributed by atoms with van der Waals surface area (Å²) in [7, 11) is 0. The average molecular weight is 753 g/mol. The lowest BCUT2D eigenvalue weighted by Gasteiger charge is -2.20. The van der Waals surface area contributed by atoms with Crippen LogP contribution in [0.1, 0.15) is 200 Å². The maximum absolute atomic E-state index is 12.7. The van der Waals surface area contributed by atoms with E-state index in [-0.39, 0.29) is 56.6 Å². The molecule has 0 saturated heterocycles. The minimum absolute atomic E-state index is 0.0410. The number of aliphatic hydroxyl groups is 4. The Morgan fingerprint density at radius 3 is 1.49 bits per heavy atom. The molecule has 0 aromatic rings. The van der Waals surface area contributed by atoms with Crippen LogP contribution >= 0.6 is 0 Å². The van der Waals surface area contributed by atoms with E-state index in [1.807, 2.05) is 0 Å². The highest BCUT2D eigenvalue weighted by Crippen LogP contribution is 2.36. The van der Waals surface area contributed by atoms with Crippen molar-refractivity contribution in [1.82, 2.24) is 0 Å². The van der Waals surface area contributed by atoms with Gasteiger partial charge in [0.15, 0.2) is 0 Å². The van der Waals surface area contributed by atoms with Crippen molar-refractivity contribution in [1.29, 1.82) is 0 Å². The van der Waals surface area contributed by atoms with Gasteiger partial charge in [0, 0.05) is 43.9 Å². The van der Waals surface area contributed by atoms with Crippen molar-refractivity contribution in [2.24, 2.45) is 11.8 Å². The van der Waals surface area contributed by atoms with Crippen LogP contribution in [0, 0.1) is 11.8 Å². The van der Waals surface area contributed by atoms with Crippen LogP contribution in [0.15, 0.2) is 12.2 Å². The van der Waals surface area contributed by atoms with Gasteiger partial charge in [-0.3, -0.25) is 14.4 Å². The lowest BCUT2D eigenvalue weighted by Crippen LogP contribution is -2.25. The van der Waals surface area contributed by atoms with E-state index in [0.29, 0.717) is 25.7 Å². The summed E-state index contributed by atoms with van der Waals surface area (Å²) >= 11 is 0. The summed E-state index contributed by atoms with van der Waals surface area (Å²) in [6, 6.07) is 0. The Morgan fingerprint density at radius 1 is 0.585 bits per heavy atom. The van der Waals surface area contributed by atoms with Crippen LogP contribution < -0.4 is 0 Å². The average Bonchev–Trinajstić information content (AvgIpc) is 3.40. The lowest BCUT2D eigenvalue weighted by molar-refractivity contribution is -0.152. The van der Waals surface area contributed by atoms with E-state index >= 15 is 0 Å². The van der Waals surface area contributed by atoms with E-state index in [1.165, 1.54) is 96.3 Å². The Hall–Kier alpha value is -1.81. The first-order valence-electron chi connectivity index (χ1n) is 21.9. The fourth-order valence-corrected chi connectivity index (χ4v) is 7.32. The van der Waals surface area contributed by atoms with Gasteiger partial charge in [-0.2, -0.15) is 0 Å². The predicted molar refractivity (Wildman–Crippen MR) is 212 cm³/mol. The highest BCUT2D eigenvalue weighted by Gasteiger charge is 2.41. The fourth-order valence-electron chi connectivity index (χ4n) is 7.32. The van der Waals surface area contributed by atoms with Gasteiger partial charge in [0.2, 0.25) is 0 Å². The third-order valence-electron chi connectivity index (χ3n) is 10.7. The highest BCUT2D eigenvalue weighted by molar-refractivity contribution is 5.79. The van der Waals surface area contributed by atoms with Crippen molar-refractivity contribution in [3.63, 3.8) is 0 Å². The Bertz CT molecular complexity index is 938. The van der Waals surface area contributed by atoms with E-state index in [4.69, 9.17) is 9.47 Å². The molecule has 0 amide bonds. The molecule has 1 aliphatic rings. The molecule has 0 bridgehead atoms. The van der Waals surface area contributed by atoms with Gasteiger partial charge in [-0.25, -0.2) is 0 Å². The molecule has 1 saturated carbocycles. The van der Waals surface area contributed by atoms with Gasteiger partial charge >= 0.3 is 11.9 Å². The number of aliphatic hydroxyl groups excluding tert-OH is 4. The highest BCUT2D eigenvalue weighted by atomic mass is 16.6. The second kappa shape index (κ2) is 33.5. The topological polar surface area (TPSA) is 151 Å². The quantitative estimate of drug-likeness (QED) is 0.0279. The molecule has 6 atom stereocenters. The van der Waals surface area contributed by atoms with Crippen LogP contribution in [0.25, 0.3) is 0 Å². The van der Waals surface area contributed by atoms with Crippen molar-refractivity contribution in [3.05, 3.63) is 12.2 Å². The second-order valence-corrected chi connectivity index (χ2v) is 15.8. The Balaban J connectivity index is 2.01. The second-order valence-electron chi connectivity index (χ2n) is 15.8. The Morgan fingerprint density at radius 2 is 1.00 bits per heavy atom. The van der Waals surface area contributed by atoms with Gasteiger partial charge in [0.1, 0.15) is 25.1 Å². The first-order valence-corrected chi connectivity index (χ1v) is 21.9. The number of Topliss-reactive ketones (excluding diaryl/α,β-unsaturated/α-hetero) is 1. The number of hydrogen-bond acceptors (Lipinski definition) is 9. The summed E-state index contributed by atoms with van der Waals surface area (Å²) < 4.78 is 10.3. The molecule has 4 N–H and O–H groups in total. The number of carbonyl (C=O) groups is 3. The Kier molecular flexibility index (Phi) is 31.1. The van der Waals surface area contributed by atoms with Gasteiger partial charge in [-0.15, -0.1) is 0 Å². The van der Waals surface area contributed by atoms with E-state index < -0.39 is 36.3 Å². The van der Waals surface area contributed by atoms with Crippen LogP contribution in [0.2, 0.25) is 0 Å². The zero-order valence-corrected chi connectivity index (χ0v) is 33.9. The van der Waals surface area contributed by atoms with Crippen molar-refractivity contribution >= 4 is 17.7 Å². The molecule has 0 aromatic heterocycles. The molecule has 9 heteroatoms. The van der Waals surface area contributed by atoms with Crippen molar-refractivity contribution in [2.75, 3.05) is 13.2 Å². The smallest absolute Gasteiger partial charge is 0.305 e. The van der Waals surface area contributed by atoms with Gasteiger partial charge in [-0.05, 0) is 25.7 Å². The predicted octanol–water partition coefficient (Wildman–Crippen LogP) is 9.24. The van der Waals surface area contributed by atoms with Crippen LogP contribution in [0.3, 0.4) is 0 Å². The van der Waals surface area contributed by atoms with Crippen LogP contribution in [0.5, 0.6) is 0 Å². The van der Waals surface area contributed by atoms with Gasteiger partial charge in [0.05, 0.1) is 18.3 Å². The molecule has 0 aromatic carbocycles. The van der Waals surface area contributed by atoms with E-state index in [9.17, 15) is 34.8 Å². The summed E-state index contributed by atoms with van der Waals surface area (Å²) in [4.78, 5) is 36.8. The minimum atomic E-state index is -1.09. The summed E-state index contributed by atoms with van der Waals surface area (Å²) in [5.41, 5.74) is 0. The molecular weight excluding hydrogens is 672 g/mol. The summed E-state index contributed by atoms with van der Waals surface area (Å²) in [5.74, 6) is -1.66. The number of ketones is 1. The normalized spacial score (nSPS) is 19.8. The zero-order valence-electron chi connectivity index (χ0n) is 33.9. The zero-order chi connectivity index (χ0) is 38.9. The number of unbranched alkanes of at least 4 members (excludes halogenated alkanes) is 20. The SMILES string of the molecule is CCCCCCCCCCCCCCCCCCCCC(=O)OC[C@H](O)COC(=O)CCCCC(=O)C[C@@H]1[C@@H](/C=C/[C@@H](O)CCCCC)[C@H](O)C[C@@H]1O. The minimum Gasteiger partial charge on any atom is -0.463 e. The molecule has 0 spiro atoms. The molecule has 0 radical (unpaired) electrons. The van der Waals surface area contributed by atoms with Crippen molar-refractivity contribution < 1.29 is 44.3 Å². The van der Waals surface area contributed by atoms with Gasteiger partial charge < -0.3 is 29.9 Å². The number of rotatable bonds is 36. The number of carbonyl (C=O) groups excluding carboxylic acids is 3.